The summed E-state index contributed by atoms with van der Waals surface area (Å²) in [7, 11) is 0. The first-order valence-electron chi connectivity index (χ1n) is 7.93. The van der Waals surface area contributed by atoms with Gasteiger partial charge in [0, 0.05) is 39.3 Å². The molecule has 0 spiro atoms. The van der Waals surface area contributed by atoms with Crippen molar-refractivity contribution in [2.24, 2.45) is 11.7 Å². The number of hydrogen-bond donors (Lipinski definition) is 2. The first kappa shape index (κ1) is 16.4. The number of aliphatic hydroxyl groups excluding tert-OH is 1. The van der Waals surface area contributed by atoms with Crippen molar-refractivity contribution >= 4 is 0 Å². The zero-order valence-electron chi connectivity index (χ0n) is 13.3. The predicted molar refractivity (Wildman–Crippen MR) is 87.1 cm³/mol. The molecule has 21 heavy (non-hydrogen) atoms. The number of aliphatic hydroxyl groups is 1. The highest BCUT2D eigenvalue weighted by Gasteiger charge is 2.30. The molecule has 4 nitrogen and oxygen atoms in total. The van der Waals surface area contributed by atoms with Crippen LogP contribution >= 0.6 is 0 Å². The Hall–Kier alpha value is -0.940. The molecule has 0 bridgehead atoms. The topological polar surface area (TPSA) is 52.7 Å². The number of piperazine rings is 1. The molecule has 1 saturated heterocycles. The fourth-order valence-electron chi connectivity index (χ4n) is 3.05. The monoisotopic (exact) mass is 291 g/mol. The van der Waals surface area contributed by atoms with Crippen molar-refractivity contribution in [3.63, 3.8) is 0 Å². The van der Waals surface area contributed by atoms with Gasteiger partial charge in [-0.2, -0.15) is 0 Å². The van der Waals surface area contributed by atoms with Crippen LogP contribution in [0.4, 0.5) is 0 Å². The minimum atomic E-state index is -0.665. The molecule has 0 amide bonds. The molecule has 1 aliphatic rings. The molecule has 0 saturated carbocycles. The highest BCUT2D eigenvalue weighted by molar-refractivity contribution is 5.24. The first-order valence-corrected chi connectivity index (χ1v) is 7.93. The normalized spacial score (nSPS) is 20.6. The first-order chi connectivity index (χ1) is 10.0. The zero-order chi connectivity index (χ0) is 15.3. The Balaban J connectivity index is 1.92. The Morgan fingerprint density at radius 3 is 2.19 bits per heavy atom. The van der Waals surface area contributed by atoms with Crippen LogP contribution in [-0.2, 0) is 5.54 Å². The van der Waals surface area contributed by atoms with Gasteiger partial charge in [-0.25, -0.2) is 0 Å². The minimum absolute atomic E-state index is 0.0246. The van der Waals surface area contributed by atoms with Gasteiger partial charge in [-0.1, -0.05) is 44.2 Å². The molecule has 1 aromatic carbocycles. The molecule has 118 valence electrons. The average molecular weight is 291 g/mol. The van der Waals surface area contributed by atoms with Crippen molar-refractivity contribution in [1.29, 1.82) is 0 Å². The maximum Gasteiger partial charge on any atom is 0.0772 e. The number of rotatable bonds is 6. The summed E-state index contributed by atoms with van der Waals surface area (Å²) in [6, 6.07) is 9.95. The number of hydrogen-bond acceptors (Lipinski definition) is 4. The van der Waals surface area contributed by atoms with Gasteiger partial charge in [-0.05, 0) is 11.5 Å². The van der Waals surface area contributed by atoms with E-state index in [1.165, 1.54) is 6.54 Å². The molecule has 1 fully saturated rings. The molecule has 0 radical (unpaired) electrons. The van der Waals surface area contributed by atoms with Gasteiger partial charge in [0.25, 0.3) is 0 Å². The second-order valence-electron chi connectivity index (χ2n) is 6.65. The van der Waals surface area contributed by atoms with Crippen molar-refractivity contribution in [1.82, 2.24) is 9.80 Å². The maximum atomic E-state index is 9.78. The summed E-state index contributed by atoms with van der Waals surface area (Å²) in [4.78, 5) is 4.89. The summed E-state index contributed by atoms with van der Waals surface area (Å²) in [5.74, 6) is 0.715. The summed E-state index contributed by atoms with van der Waals surface area (Å²) in [5, 5.41) is 9.78. The second-order valence-corrected chi connectivity index (χ2v) is 6.65. The molecular formula is C17H29N3O. The van der Waals surface area contributed by atoms with Crippen molar-refractivity contribution in [2.75, 3.05) is 45.9 Å². The number of nitrogens with two attached hydrogens (primary N) is 1. The van der Waals surface area contributed by atoms with Crippen LogP contribution in [-0.4, -0.2) is 60.8 Å². The Morgan fingerprint density at radius 1 is 1.10 bits per heavy atom. The number of benzene rings is 1. The fourth-order valence-corrected chi connectivity index (χ4v) is 3.05. The summed E-state index contributed by atoms with van der Waals surface area (Å²) >= 11 is 0. The molecule has 4 heteroatoms. The van der Waals surface area contributed by atoms with E-state index in [1.807, 2.05) is 30.3 Å². The van der Waals surface area contributed by atoms with E-state index in [2.05, 4.69) is 23.6 Å². The molecule has 1 aromatic rings. The fraction of sp³-hybridized carbons (Fsp3) is 0.647. The van der Waals surface area contributed by atoms with Gasteiger partial charge in [0.15, 0.2) is 0 Å². The summed E-state index contributed by atoms with van der Waals surface area (Å²) in [6.45, 7) is 10.6. The lowest BCUT2D eigenvalue weighted by atomic mass is 9.91. The standard InChI is InChI=1S/C17H29N3O/c1-15(2)12-19-8-10-20(11-9-19)13-17(18,14-21)16-6-4-3-5-7-16/h3-7,15,21H,8-14,18H2,1-2H3. The Morgan fingerprint density at radius 2 is 1.67 bits per heavy atom. The van der Waals surface area contributed by atoms with Crippen LogP contribution < -0.4 is 5.73 Å². The van der Waals surface area contributed by atoms with Crippen molar-refractivity contribution in [3.05, 3.63) is 35.9 Å². The van der Waals surface area contributed by atoms with Crippen molar-refractivity contribution in [2.45, 2.75) is 19.4 Å². The zero-order valence-corrected chi connectivity index (χ0v) is 13.3. The third-order valence-electron chi connectivity index (χ3n) is 4.22. The Kier molecular flexibility index (Phi) is 5.76. The quantitative estimate of drug-likeness (QED) is 0.824. The lowest BCUT2D eigenvalue weighted by Crippen LogP contribution is -2.55. The van der Waals surface area contributed by atoms with Gasteiger partial charge in [0.1, 0.15) is 0 Å². The van der Waals surface area contributed by atoms with Crippen LogP contribution in [0.5, 0.6) is 0 Å². The predicted octanol–water partition coefficient (Wildman–Crippen LogP) is 1.11. The van der Waals surface area contributed by atoms with Gasteiger partial charge in [-0.15, -0.1) is 0 Å². The Bertz CT molecular complexity index is 415. The smallest absolute Gasteiger partial charge is 0.0772 e. The average Bonchev–Trinajstić information content (AvgIpc) is 2.49. The largest absolute Gasteiger partial charge is 0.394 e. The molecule has 2 rings (SSSR count). The Labute approximate surface area is 128 Å². The summed E-state index contributed by atoms with van der Waals surface area (Å²) in [5.41, 5.74) is 6.81. The third kappa shape index (κ3) is 4.51. The van der Waals surface area contributed by atoms with E-state index in [9.17, 15) is 5.11 Å². The molecule has 1 aliphatic heterocycles. The molecule has 1 heterocycles. The molecular weight excluding hydrogens is 262 g/mol. The van der Waals surface area contributed by atoms with Crippen LogP contribution in [0.1, 0.15) is 19.4 Å². The highest BCUT2D eigenvalue weighted by atomic mass is 16.3. The molecule has 0 aromatic heterocycles. The van der Waals surface area contributed by atoms with E-state index in [-0.39, 0.29) is 6.61 Å². The van der Waals surface area contributed by atoms with Crippen LogP contribution in [0.2, 0.25) is 0 Å². The van der Waals surface area contributed by atoms with Gasteiger partial charge >= 0.3 is 0 Å². The lowest BCUT2D eigenvalue weighted by molar-refractivity contribution is 0.0818. The molecule has 1 atom stereocenters. The summed E-state index contributed by atoms with van der Waals surface area (Å²) < 4.78 is 0. The van der Waals surface area contributed by atoms with E-state index in [1.54, 1.807) is 0 Å². The van der Waals surface area contributed by atoms with Gasteiger partial charge in [0.2, 0.25) is 0 Å². The van der Waals surface area contributed by atoms with E-state index >= 15 is 0 Å². The maximum absolute atomic E-state index is 9.78. The SMILES string of the molecule is CC(C)CN1CCN(CC(N)(CO)c2ccccc2)CC1. The van der Waals surface area contributed by atoms with Gasteiger partial charge in [-0.3, -0.25) is 4.90 Å². The minimum Gasteiger partial charge on any atom is -0.394 e. The van der Waals surface area contributed by atoms with Gasteiger partial charge in [0.05, 0.1) is 12.1 Å². The van der Waals surface area contributed by atoms with Crippen LogP contribution in [0, 0.1) is 5.92 Å². The molecule has 0 aliphatic carbocycles. The molecule has 1 unspecified atom stereocenters. The lowest BCUT2D eigenvalue weighted by Gasteiger charge is -2.40. The number of nitrogens with zero attached hydrogens (tertiary/aromatic N) is 2. The van der Waals surface area contributed by atoms with E-state index < -0.39 is 5.54 Å². The highest BCUT2D eigenvalue weighted by Crippen LogP contribution is 2.20. The van der Waals surface area contributed by atoms with Gasteiger partial charge < -0.3 is 15.7 Å². The van der Waals surface area contributed by atoms with Crippen LogP contribution in [0.15, 0.2) is 30.3 Å². The summed E-state index contributed by atoms with van der Waals surface area (Å²) in [6.07, 6.45) is 0. The third-order valence-corrected chi connectivity index (χ3v) is 4.22. The van der Waals surface area contributed by atoms with E-state index in [0.717, 1.165) is 31.7 Å². The van der Waals surface area contributed by atoms with Crippen molar-refractivity contribution in [3.8, 4) is 0 Å². The molecule has 3 N–H and O–H groups in total. The van der Waals surface area contributed by atoms with Crippen LogP contribution in [0.3, 0.4) is 0 Å². The van der Waals surface area contributed by atoms with Crippen molar-refractivity contribution < 1.29 is 5.11 Å². The second kappa shape index (κ2) is 7.36. The van der Waals surface area contributed by atoms with Crippen LogP contribution in [0.25, 0.3) is 0 Å². The van der Waals surface area contributed by atoms with E-state index in [4.69, 9.17) is 5.73 Å². The van der Waals surface area contributed by atoms with E-state index in [0.29, 0.717) is 12.5 Å².